The maximum absolute atomic E-state index is 13.8. The van der Waals surface area contributed by atoms with Gasteiger partial charge in [0.15, 0.2) is 5.69 Å². The summed E-state index contributed by atoms with van der Waals surface area (Å²) in [6.07, 6.45) is 3.47. The fourth-order valence-corrected chi connectivity index (χ4v) is 5.52. The summed E-state index contributed by atoms with van der Waals surface area (Å²) in [6.45, 7) is 6.05. The third kappa shape index (κ3) is 5.82. The molecule has 1 unspecified atom stereocenters. The van der Waals surface area contributed by atoms with Gasteiger partial charge in [-0.25, -0.2) is 14.6 Å². The Bertz CT molecular complexity index is 1600. The number of hydrogen-bond acceptors (Lipinski definition) is 5. The normalized spacial score (nSPS) is 14.2. The lowest BCUT2D eigenvalue weighted by Crippen LogP contribution is -2.52. The predicted octanol–water partition coefficient (Wildman–Crippen LogP) is 4.76. The Balaban J connectivity index is 1.42. The fourth-order valence-electron chi connectivity index (χ4n) is 5.52. The number of urea groups is 1. The van der Waals surface area contributed by atoms with Crippen LogP contribution in [-0.4, -0.2) is 45.2 Å². The zero-order valence-corrected chi connectivity index (χ0v) is 23.7. The number of carbonyl (C=O) groups excluding carboxylic acids is 2. The number of aromatic nitrogens is 2. The van der Waals surface area contributed by atoms with Gasteiger partial charge in [-0.15, -0.1) is 0 Å². The summed E-state index contributed by atoms with van der Waals surface area (Å²) in [6, 6.07) is 13.8. The van der Waals surface area contributed by atoms with Crippen LogP contribution in [0.3, 0.4) is 0 Å². The molecule has 0 radical (unpaired) electrons. The van der Waals surface area contributed by atoms with Gasteiger partial charge in [0.05, 0.1) is 0 Å². The molecule has 0 saturated carbocycles. The Morgan fingerprint density at radius 2 is 1.80 bits per heavy atom. The van der Waals surface area contributed by atoms with Gasteiger partial charge in [0, 0.05) is 42.8 Å². The zero-order valence-electron chi connectivity index (χ0n) is 23.7. The van der Waals surface area contributed by atoms with Crippen molar-refractivity contribution in [1.29, 1.82) is 0 Å². The van der Waals surface area contributed by atoms with Crippen LogP contribution in [-0.2, 0) is 24.7 Å². The minimum absolute atomic E-state index is 0.101. The summed E-state index contributed by atoms with van der Waals surface area (Å²) >= 11 is 0. The van der Waals surface area contributed by atoms with E-state index in [2.05, 4.69) is 15.6 Å². The SMILES string of the molecule is Cc1oc([C@@H](Cc2cn(C)c3ccccc23)NC(=O)C(CC(C)C)NC(=O)N2CCc3ccccc32)nc1C(=O)O. The monoisotopic (exact) mass is 557 g/mol. The molecular weight excluding hydrogens is 522 g/mol. The molecule has 10 nitrogen and oxygen atoms in total. The standard InChI is InChI=1S/C31H35N5O5/c1-18(2)15-23(33-31(40)36-14-13-20-9-5-7-11-25(20)36)28(37)32-24(29-34-27(30(38)39)19(3)41-29)16-21-17-35(4)26-12-8-6-10-22(21)26/h5-12,17-18,23-24H,13-16H2,1-4H3,(H,32,37)(H,33,40)(H,38,39)/t23?,24-/m1/s1. The summed E-state index contributed by atoms with van der Waals surface area (Å²) in [5, 5.41) is 16.6. The second-order valence-electron chi connectivity index (χ2n) is 11.0. The van der Waals surface area contributed by atoms with E-state index in [1.54, 1.807) is 4.90 Å². The lowest BCUT2D eigenvalue weighted by molar-refractivity contribution is -0.124. The third-order valence-corrected chi connectivity index (χ3v) is 7.49. The molecule has 214 valence electrons. The minimum atomic E-state index is -1.21. The molecular formula is C31H35N5O5. The summed E-state index contributed by atoms with van der Waals surface area (Å²) in [7, 11) is 1.95. The maximum Gasteiger partial charge on any atom is 0.358 e. The van der Waals surface area contributed by atoms with Gasteiger partial charge in [0.25, 0.3) is 0 Å². The van der Waals surface area contributed by atoms with Crippen LogP contribution in [0.5, 0.6) is 0 Å². The van der Waals surface area contributed by atoms with Crippen LogP contribution in [0.1, 0.15) is 59.6 Å². The smallest absolute Gasteiger partial charge is 0.358 e. The first kappa shape index (κ1) is 27.9. The quantitative estimate of drug-likeness (QED) is 0.272. The van der Waals surface area contributed by atoms with Crippen molar-refractivity contribution in [2.24, 2.45) is 13.0 Å². The van der Waals surface area contributed by atoms with E-state index in [1.165, 1.54) is 6.92 Å². The third-order valence-electron chi connectivity index (χ3n) is 7.49. The lowest BCUT2D eigenvalue weighted by Gasteiger charge is -2.26. The van der Waals surface area contributed by atoms with Crippen LogP contribution in [0.2, 0.25) is 0 Å². The number of hydrogen-bond donors (Lipinski definition) is 3. The molecule has 0 bridgehead atoms. The summed E-state index contributed by atoms with van der Waals surface area (Å²) in [5.74, 6) is -1.22. The highest BCUT2D eigenvalue weighted by Crippen LogP contribution is 2.29. The zero-order chi connectivity index (χ0) is 29.3. The second kappa shape index (κ2) is 11.5. The van der Waals surface area contributed by atoms with Crippen LogP contribution in [0, 0.1) is 12.8 Å². The van der Waals surface area contributed by atoms with Crippen LogP contribution in [0.25, 0.3) is 10.9 Å². The second-order valence-corrected chi connectivity index (χ2v) is 11.0. The van der Waals surface area contributed by atoms with Crippen LogP contribution >= 0.6 is 0 Å². The van der Waals surface area contributed by atoms with E-state index < -0.39 is 24.0 Å². The molecule has 1 aliphatic rings. The number of nitrogens with zero attached hydrogens (tertiary/aromatic N) is 3. The molecule has 3 amide bonds. The van der Waals surface area contributed by atoms with Gasteiger partial charge in [-0.3, -0.25) is 9.69 Å². The molecule has 41 heavy (non-hydrogen) atoms. The summed E-state index contributed by atoms with van der Waals surface area (Å²) < 4.78 is 7.79. The first-order valence-corrected chi connectivity index (χ1v) is 13.8. The van der Waals surface area contributed by atoms with E-state index in [0.717, 1.165) is 34.1 Å². The van der Waals surface area contributed by atoms with Crippen molar-refractivity contribution < 1.29 is 23.9 Å². The first-order chi connectivity index (χ1) is 19.6. The number of nitrogens with one attached hydrogen (secondary N) is 2. The van der Waals surface area contributed by atoms with Crippen LogP contribution in [0.15, 0.2) is 59.1 Å². The minimum Gasteiger partial charge on any atom is -0.476 e. The average molecular weight is 558 g/mol. The van der Waals surface area contributed by atoms with E-state index in [1.807, 2.05) is 80.2 Å². The number of rotatable bonds is 9. The molecule has 3 N–H and O–H groups in total. The van der Waals surface area contributed by atoms with Crippen molar-refractivity contribution in [3.63, 3.8) is 0 Å². The van der Waals surface area contributed by atoms with Crippen molar-refractivity contribution in [1.82, 2.24) is 20.2 Å². The maximum atomic E-state index is 13.8. The van der Waals surface area contributed by atoms with Crippen molar-refractivity contribution in [3.8, 4) is 0 Å². The highest BCUT2D eigenvalue weighted by molar-refractivity contribution is 5.97. The number of aromatic carboxylic acids is 1. The number of carbonyl (C=O) groups is 3. The van der Waals surface area contributed by atoms with Crippen molar-refractivity contribution in [2.45, 2.75) is 52.1 Å². The highest BCUT2D eigenvalue weighted by Gasteiger charge is 2.32. The molecule has 10 heteroatoms. The summed E-state index contributed by atoms with van der Waals surface area (Å²) in [5.41, 5.74) is 3.71. The topological polar surface area (TPSA) is 130 Å². The number of amides is 3. The molecule has 0 saturated heterocycles. The van der Waals surface area contributed by atoms with E-state index in [4.69, 9.17) is 4.42 Å². The van der Waals surface area contributed by atoms with Gasteiger partial charge in [0.1, 0.15) is 17.8 Å². The van der Waals surface area contributed by atoms with E-state index in [-0.39, 0.29) is 29.3 Å². The number of carboxylic acid groups (broad SMARTS) is 1. The van der Waals surface area contributed by atoms with Gasteiger partial charge in [-0.2, -0.15) is 0 Å². The number of fused-ring (bicyclic) bond motifs is 2. The van der Waals surface area contributed by atoms with Gasteiger partial charge in [-0.1, -0.05) is 50.2 Å². The first-order valence-electron chi connectivity index (χ1n) is 13.8. The molecule has 3 heterocycles. The van der Waals surface area contributed by atoms with Crippen LogP contribution in [0.4, 0.5) is 10.5 Å². The van der Waals surface area contributed by atoms with Crippen molar-refractivity contribution in [2.75, 3.05) is 11.4 Å². The molecule has 5 rings (SSSR count). The Morgan fingerprint density at radius 3 is 2.54 bits per heavy atom. The molecule has 2 aromatic carbocycles. The van der Waals surface area contributed by atoms with E-state index >= 15 is 0 Å². The van der Waals surface area contributed by atoms with Crippen molar-refractivity contribution >= 4 is 34.5 Å². The van der Waals surface area contributed by atoms with Gasteiger partial charge < -0.3 is 24.7 Å². The van der Waals surface area contributed by atoms with Crippen molar-refractivity contribution in [3.05, 3.63) is 83.2 Å². The number of oxazole rings is 1. The molecule has 4 aromatic rings. The molecule has 0 aliphatic carbocycles. The Labute approximate surface area is 238 Å². The lowest BCUT2D eigenvalue weighted by atomic mass is 10.0. The highest BCUT2D eigenvalue weighted by atomic mass is 16.4. The molecule has 2 aromatic heterocycles. The molecule has 0 spiro atoms. The molecule has 1 aliphatic heterocycles. The Hall–Kier alpha value is -4.60. The number of carboxylic acids is 1. The molecule has 2 atom stereocenters. The van der Waals surface area contributed by atoms with Gasteiger partial charge >= 0.3 is 12.0 Å². The average Bonchev–Trinajstić information content (AvgIpc) is 3.63. The fraction of sp³-hybridized carbons (Fsp3) is 0.355. The Kier molecular flexibility index (Phi) is 7.83. The number of anilines is 1. The molecule has 0 fully saturated rings. The number of benzene rings is 2. The Morgan fingerprint density at radius 1 is 1.07 bits per heavy atom. The van der Waals surface area contributed by atoms with Crippen LogP contribution < -0.4 is 15.5 Å². The van der Waals surface area contributed by atoms with E-state index in [0.29, 0.717) is 19.4 Å². The predicted molar refractivity (Wildman–Crippen MR) is 155 cm³/mol. The number of para-hydroxylation sites is 2. The van der Waals surface area contributed by atoms with Gasteiger partial charge in [-0.05, 0) is 48.9 Å². The summed E-state index contributed by atoms with van der Waals surface area (Å²) in [4.78, 5) is 44.8. The number of aryl methyl sites for hydroxylation is 2. The largest absolute Gasteiger partial charge is 0.476 e. The van der Waals surface area contributed by atoms with Gasteiger partial charge in [0.2, 0.25) is 11.8 Å². The van der Waals surface area contributed by atoms with E-state index in [9.17, 15) is 19.5 Å².